The molecule has 0 saturated heterocycles. The van der Waals surface area contributed by atoms with E-state index in [4.69, 9.17) is 9.47 Å². The summed E-state index contributed by atoms with van der Waals surface area (Å²) in [5, 5.41) is 3.27. The third kappa shape index (κ3) is 6.55. The molecular weight excluding hydrogens is 240 g/mol. The van der Waals surface area contributed by atoms with Crippen LogP contribution in [0.15, 0.2) is 18.2 Å². The van der Waals surface area contributed by atoms with Gasteiger partial charge in [-0.15, -0.1) is 0 Å². The summed E-state index contributed by atoms with van der Waals surface area (Å²) in [5.41, 5.74) is 0.828. The Morgan fingerprint density at radius 3 is 2.79 bits per heavy atom. The van der Waals surface area contributed by atoms with Gasteiger partial charge in [0, 0.05) is 20.3 Å². The highest BCUT2D eigenvalue weighted by molar-refractivity contribution is 5.34. The summed E-state index contributed by atoms with van der Waals surface area (Å²) < 4.78 is 11.0. The SMILES string of the molecule is CCCNc1cccc(COCCC(C)(C)OC)n1. The van der Waals surface area contributed by atoms with Gasteiger partial charge in [-0.1, -0.05) is 13.0 Å². The van der Waals surface area contributed by atoms with Crippen molar-refractivity contribution in [2.75, 3.05) is 25.6 Å². The monoisotopic (exact) mass is 266 g/mol. The summed E-state index contributed by atoms with van der Waals surface area (Å²) in [5.74, 6) is 0.917. The summed E-state index contributed by atoms with van der Waals surface area (Å²) in [6.07, 6.45) is 1.96. The zero-order valence-electron chi connectivity index (χ0n) is 12.5. The van der Waals surface area contributed by atoms with Gasteiger partial charge in [-0.2, -0.15) is 0 Å². The Balaban J connectivity index is 2.33. The molecule has 0 aromatic carbocycles. The van der Waals surface area contributed by atoms with Crippen LogP contribution in [-0.4, -0.2) is 30.8 Å². The zero-order chi connectivity index (χ0) is 14.1. The van der Waals surface area contributed by atoms with E-state index in [1.54, 1.807) is 7.11 Å². The molecule has 0 unspecified atom stereocenters. The minimum atomic E-state index is -0.127. The predicted molar refractivity (Wildman–Crippen MR) is 78.4 cm³/mol. The van der Waals surface area contributed by atoms with Gasteiger partial charge in [0.05, 0.1) is 17.9 Å². The van der Waals surface area contributed by atoms with Crippen LogP contribution in [0.25, 0.3) is 0 Å². The van der Waals surface area contributed by atoms with E-state index in [-0.39, 0.29) is 5.60 Å². The summed E-state index contributed by atoms with van der Waals surface area (Å²) in [6, 6.07) is 5.97. The fourth-order valence-electron chi connectivity index (χ4n) is 1.51. The second kappa shape index (κ2) is 8.12. The molecule has 1 heterocycles. The van der Waals surface area contributed by atoms with E-state index >= 15 is 0 Å². The standard InChI is InChI=1S/C15H26N2O2/c1-5-10-16-14-8-6-7-13(17-14)12-19-11-9-15(2,3)18-4/h6-8H,5,9-12H2,1-4H3,(H,16,17). The molecular formula is C15H26N2O2. The first kappa shape index (κ1) is 15.9. The van der Waals surface area contributed by atoms with Crippen LogP contribution in [0.1, 0.15) is 39.3 Å². The molecule has 0 spiro atoms. The maximum atomic E-state index is 5.65. The molecule has 0 fully saturated rings. The average Bonchev–Trinajstić information content (AvgIpc) is 2.42. The van der Waals surface area contributed by atoms with Gasteiger partial charge in [0.25, 0.3) is 0 Å². The molecule has 0 aliphatic heterocycles. The van der Waals surface area contributed by atoms with E-state index in [1.807, 2.05) is 18.2 Å². The molecule has 1 N–H and O–H groups in total. The quantitative estimate of drug-likeness (QED) is 0.697. The summed E-state index contributed by atoms with van der Waals surface area (Å²) in [6.45, 7) is 8.42. The van der Waals surface area contributed by atoms with Gasteiger partial charge in [0.15, 0.2) is 0 Å². The average molecular weight is 266 g/mol. The molecule has 4 heteroatoms. The van der Waals surface area contributed by atoms with E-state index in [1.165, 1.54) is 0 Å². The first-order valence-corrected chi connectivity index (χ1v) is 6.90. The van der Waals surface area contributed by atoms with Gasteiger partial charge in [-0.25, -0.2) is 4.98 Å². The van der Waals surface area contributed by atoms with Gasteiger partial charge in [-0.3, -0.25) is 0 Å². The maximum Gasteiger partial charge on any atom is 0.126 e. The lowest BCUT2D eigenvalue weighted by atomic mass is 10.1. The Bertz CT molecular complexity index is 367. The number of nitrogens with one attached hydrogen (secondary N) is 1. The van der Waals surface area contributed by atoms with Gasteiger partial charge < -0.3 is 14.8 Å². The van der Waals surface area contributed by atoms with Crippen molar-refractivity contribution in [3.63, 3.8) is 0 Å². The van der Waals surface area contributed by atoms with Crippen molar-refractivity contribution in [2.45, 2.75) is 45.8 Å². The number of anilines is 1. The van der Waals surface area contributed by atoms with Crippen LogP contribution in [0, 0.1) is 0 Å². The van der Waals surface area contributed by atoms with Gasteiger partial charge in [0.1, 0.15) is 5.82 Å². The molecule has 0 saturated carbocycles. The third-order valence-electron chi connectivity index (χ3n) is 3.01. The van der Waals surface area contributed by atoms with Gasteiger partial charge >= 0.3 is 0 Å². The number of nitrogens with zero attached hydrogens (tertiary/aromatic N) is 1. The molecule has 108 valence electrons. The number of aromatic nitrogens is 1. The van der Waals surface area contributed by atoms with Crippen LogP contribution in [0.2, 0.25) is 0 Å². The second-order valence-corrected chi connectivity index (χ2v) is 5.21. The molecule has 19 heavy (non-hydrogen) atoms. The summed E-state index contributed by atoms with van der Waals surface area (Å²) in [7, 11) is 1.73. The van der Waals surface area contributed by atoms with Crippen LogP contribution in [0.3, 0.4) is 0 Å². The number of hydrogen-bond donors (Lipinski definition) is 1. The topological polar surface area (TPSA) is 43.4 Å². The summed E-state index contributed by atoms with van der Waals surface area (Å²) in [4.78, 5) is 4.50. The van der Waals surface area contributed by atoms with Crippen molar-refractivity contribution in [2.24, 2.45) is 0 Å². The fourth-order valence-corrected chi connectivity index (χ4v) is 1.51. The molecule has 0 aliphatic rings. The van der Waals surface area contributed by atoms with Crippen molar-refractivity contribution in [3.05, 3.63) is 23.9 Å². The molecule has 1 rings (SSSR count). The normalized spacial score (nSPS) is 11.6. The van der Waals surface area contributed by atoms with Crippen molar-refractivity contribution in [3.8, 4) is 0 Å². The first-order valence-electron chi connectivity index (χ1n) is 6.90. The molecule has 1 aromatic rings. The van der Waals surface area contributed by atoms with Gasteiger partial charge in [-0.05, 0) is 38.8 Å². The number of ether oxygens (including phenoxy) is 2. The highest BCUT2D eigenvalue weighted by Crippen LogP contribution is 2.13. The lowest BCUT2D eigenvalue weighted by molar-refractivity contribution is -0.0128. The Labute approximate surface area is 116 Å². The lowest BCUT2D eigenvalue weighted by Gasteiger charge is -2.22. The van der Waals surface area contributed by atoms with Crippen LogP contribution in [-0.2, 0) is 16.1 Å². The maximum absolute atomic E-state index is 5.65. The number of methoxy groups -OCH3 is 1. The first-order chi connectivity index (χ1) is 9.07. The molecule has 0 atom stereocenters. The molecule has 0 aliphatic carbocycles. The predicted octanol–water partition coefficient (Wildman–Crippen LogP) is 3.24. The van der Waals surface area contributed by atoms with E-state index < -0.39 is 0 Å². The molecule has 0 bridgehead atoms. The summed E-state index contributed by atoms with van der Waals surface area (Å²) >= 11 is 0. The zero-order valence-corrected chi connectivity index (χ0v) is 12.5. The highest BCUT2D eigenvalue weighted by atomic mass is 16.5. The van der Waals surface area contributed by atoms with E-state index in [0.717, 1.165) is 30.9 Å². The number of pyridine rings is 1. The minimum absolute atomic E-state index is 0.127. The second-order valence-electron chi connectivity index (χ2n) is 5.21. The molecule has 4 nitrogen and oxygen atoms in total. The largest absolute Gasteiger partial charge is 0.379 e. The van der Waals surface area contributed by atoms with Gasteiger partial charge in [0.2, 0.25) is 0 Å². The van der Waals surface area contributed by atoms with E-state index in [9.17, 15) is 0 Å². The van der Waals surface area contributed by atoms with E-state index in [2.05, 4.69) is 31.1 Å². The van der Waals surface area contributed by atoms with Crippen LogP contribution >= 0.6 is 0 Å². The van der Waals surface area contributed by atoms with Crippen LogP contribution in [0.5, 0.6) is 0 Å². The van der Waals surface area contributed by atoms with Crippen LogP contribution < -0.4 is 5.32 Å². The Morgan fingerprint density at radius 1 is 1.32 bits per heavy atom. The lowest BCUT2D eigenvalue weighted by Crippen LogP contribution is -2.24. The highest BCUT2D eigenvalue weighted by Gasteiger charge is 2.15. The number of rotatable bonds is 9. The molecule has 0 amide bonds. The Kier molecular flexibility index (Phi) is 6.81. The smallest absolute Gasteiger partial charge is 0.126 e. The van der Waals surface area contributed by atoms with Crippen molar-refractivity contribution in [1.82, 2.24) is 4.98 Å². The third-order valence-corrected chi connectivity index (χ3v) is 3.01. The van der Waals surface area contributed by atoms with Crippen molar-refractivity contribution in [1.29, 1.82) is 0 Å². The minimum Gasteiger partial charge on any atom is -0.379 e. The number of hydrogen-bond acceptors (Lipinski definition) is 4. The van der Waals surface area contributed by atoms with Crippen molar-refractivity contribution >= 4 is 5.82 Å². The van der Waals surface area contributed by atoms with E-state index in [0.29, 0.717) is 13.2 Å². The Morgan fingerprint density at radius 2 is 2.11 bits per heavy atom. The van der Waals surface area contributed by atoms with Crippen LogP contribution in [0.4, 0.5) is 5.82 Å². The molecule has 1 aromatic heterocycles. The molecule has 0 radical (unpaired) electrons. The fraction of sp³-hybridized carbons (Fsp3) is 0.667. The van der Waals surface area contributed by atoms with Crippen molar-refractivity contribution < 1.29 is 9.47 Å². The Hall–Kier alpha value is -1.13.